The van der Waals surface area contributed by atoms with Crippen LogP contribution in [0.25, 0.3) is 16.5 Å². The number of hydrogen-bond acceptors (Lipinski definition) is 3. The summed E-state index contributed by atoms with van der Waals surface area (Å²) in [6.07, 6.45) is 1.42. The van der Waals surface area contributed by atoms with Gasteiger partial charge in [0.25, 0.3) is 5.91 Å². The molecule has 0 aliphatic heterocycles. The van der Waals surface area contributed by atoms with Crippen LogP contribution in [-0.4, -0.2) is 23.1 Å². The summed E-state index contributed by atoms with van der Waals surface area (Å²) in [5, 5.41) is 0.632. The highest BCUT2D eigenvalue weighted by molar-refractivity contribution is 6.09. The molecule has 1 aromatic carbocycles. The number of halogens is 1. The highest BCUT2D eigenvalue weighted by Gasteiger charge is 2.27. The average molecular weight is 331 g/mol. The van der Waals surface area contributed by atoms with Gasteiger partial charge in [0.1, 0.15) is 11.9 Å². The van der Waals surface area contributed by atoms with Gasteiger partial charge in [0.2, 0.25) is 0 Å². The first kappa shape index (κ1) is 16.0. The number of H-pyrrole nitrogens is 1. The van der Waals surface area contributed by atoms with Crippen LogP contribution in [-0.2, 0) is 4.74 Å². The highest BCUT2D eigenvalue weighted by atomic mass is 19.1. The van der Waals surface area contributed by atoms with Crippen LogP contribution in [0, 0.1) is 19.7 Å². The Hall–Kier alpha value is -2.83. The van der Waals surface area contributed by atoms with Gasteiger partial charge in [0, 0.05) is 29.5 Å². The third-order valence-electron chi connectivity index (χ3n) is 4.47. The lowest BCUT2D eigenvalue weighted by Crippen LogP contribution is -2.20. The first-order chi connectivity index (χ1) is 11.3. The first-order valence-electron chi connectivity index (χ1n) is 7.56. The Labute approximate surface area is 137 Å². The molecule has 0 saturated heterocycles. The summed E-state index contributed by atoms with van der Waals surface area (Å²) in [7, 11) is 0. The molecule has 0 saturated carbocycles. The standard InChI is InChI=1S/C17H18FN3O3/c1-7-8(2)21-15-11(16(19)22)6-12(18)14(13(7)15)9-3-4-10(5-9)24-17(20)23/h3,6,10,21H,4-5H2,1-2H3,(H2,19,22)(H2,20,23)/t10-/m0/s1. The number of carbonyl (C=O) groups excluding carboxylic acids is 2. The molecule has 0 unspecified atom stereocenters. The number of aryl methyl sites for hydroxylation is 2. The molecule has 5 N–H and O–H groups in total. The van der Waals surface area contributed by atoms with Gasteiger partial charge < -0.3 is 21.2 Å². The number of fused-ring (bicyclic) bond motifs is 1. The van der Waals surface area contributed by atoms with Crippen LogP contribution in [0.2, 0.25) is 0 Å². The average Bonchev–Trinajstić information content (AvgIpc) is 3.04. The van der Waals surface area contributed by atoms with Crippen LogP contribution in [0.15, 0.2) is 12.1 Å². The van der Waals surface area contributed by atoms with Crippen molar-refractivity contribution < 1.29 is 18.7 Å². The van der Waals surface area contributed by atoms with Gasteiger partial charge in [-0.05, 0) is 31.1 Å². The molecule has 1 aliphatic carbocycles. The van der Waals surface area contributed by atoms with Crippen molar-refractivity contribution >= 4 is 28.5 Å². The van der Waals surface area contributed by atoms with Crippen LogP contribution >= 0.6 is 0 Å². The van der Waals surface area contributed by atoms with Crippen molar-refractivity contribution in [1.82, 2.24) is 4.98 Å². The summed E-state index contributed by atoms with van der Waals surface area (Å²) < 4.78 is 19.8. The summed E-state index contributed by atoms with van der Waals surface area (Å²) in [5.74, 6) is -1.22. The van der Waals surface area contributed by atoms with Crippen molar-refractivity contribution in [3.8, 4) is 0 Å². The largest absolute Gasteiger partial charge is 0.446 e. The Kier molecular flexibility index (Phi) is 3.79. The molecule has 3 rings (SSSR count). The molecule has 6 nitrogen and oxygen atoms in total. The number of aromatic amines is 1. The molecule has 7 heteroatoms. The van der Waals surface area contributed by atoms with Crippen molar-refractivity contribution in [2.75, 3.05) is 0 Å². The smallest absolute Gasteiger partial charge is 0.404 e. The molecule has 0 radical (unpaired) electrons. The maximum atomic E-state index is 14.8. The van der Waals surface area contributed by atoms with Crippen LogP contribution < -0.4 is 11.5 Å². The van der Waals surface area contributed by atoms with Gasteiger partial charge >= 0.3 is 6.09 Å². The second-order valence-electron chi connectivity index (χ2n) is 6.00. The van der Waals surface area contributed by atoms with E-state index in [0.29, 0.717) is 29.3 Å². The molecule has 1 aliphatic rings. The van der Waals surface area contributed by atoms with E-state index in [2.05, 4.69) is 4.98 Å². The monoisotopic (exact) mass is 331 g/mol. The molecular formula is C17H18FN3O3. The van der Waals surface area contributed by atoms with Gasteiger partial charge in [-0.3, -0.25) is 4.79 Å². The summed E-state index contributed by atoms with van der Waals surface area (Å²) in [6, 6.07) is 1.15. The SMILES string of the molecule is Cc1[nH]c2c(C(N)=O)cc(F)c(C3=CC[C@H](OC(N)=O)C3)c2c1C. The predicted molar refractivity (Wildman–Crippen MR) is 87.9 cm³/mol. The molecule has 24 heavy (non-hydrogen) atoms. The molecule has 1 aromatic heterocycles. The normalized spacial score (nSPS) is 17.1. The zero-order valence-electron chi connectivity index (χ0n) is 13.4. The van der Waals surface area contributed by atoms with Crippen LogP contribution in [0.1, 0.15) is 40.0 Å². The Morgan fingerprint density at radius 2 is 2.04 bits per heavy atom. The van der Waals surface area contributed by atoms with E-state index in [0.717, 1.165) is 22.9 Å². The summed E-state index contributed by atoms with van der Waals surface area (Å²) in [4.78, 5) is 25.7. The Bertz CT molecular complexity index is 898. The van der Waals surface area contributed by atoms with Gasteiger partial charge in [-0.2, -0.15) is 0 Å². The molecular weight excluding hydrogens is 313 g/mol. The number of nitrogens with two attached hydrogens (primary N) is 2. The second kappa shape index (κ2) is 5.67. The molecule has 126 valence electrons. The van der Waals surface area contributed by atoms with Crippen molar-refractivity contribution in [2.24, 2.45) is 11.5 Å². The van der Waals surface area contributed by atoms with Crippen molar-refractivity contribution in [2.45, 2.75) is 32.8 Å². The van der Waals surface area contributed by atoms with Gasteiger partial charge in [-0.1, -0.05) is 6.08 Å². The molecule has 2 aromatic rings. The third-order valence-corrected chi connectivity index (χ3v) is 4.47. The van der Waals surface area contributed by atoms with E-state index in [1.807, 2.05) is 19.9 Å². The summed E-state index contributed by atoms with van der Waals surface area (Å²) in [5.41, 5.74) is 13.9. The van der Waals surface area contributed by atoms with E-state index in [1.165, 1.54) is 0 Å². The predicted octanol–water partition coefficient (Wildman–Crippen LogP) is 2.66. The molecule has 2 amide bonds. The minimum Gasteiger partial charge on any atom is -0.446 e. The fourth-order valence-corrected chi connectivity index (χ4v) is 3.28. The number of benzene rings is 1. The zero-order valence-corrected chi connectivity index (χ0v) is 13.4. The van der Waals surface area contributed by atoms with Crippen molar-refractivity contribution in [3.05, 3.63) is 40.3 Å². The van der Waals surface area contributed by atoms with Crippen molar-refractivity contribution in [3.63, 3.8) is 0 Å². The number of rotatable bonds is 3. The number of carbonyl (C=O) groups is 2. The number of hydrogen-bond donors (Lipinski definition) is 3. The first-order valence-corrected chi connectivity index (χ1v) is 7.56. The van der Waals surface area contributed by atoms with E-state index in [9.17, 15) is 14.0 Å². The second-order valence-corrected chi connectivity index (χ2v) is 6.00. The Morgan fingerprint density at radius 3 is 2.67 bits per heavy atom. The minimum absolute atomic E-state index is 0.117. The van der Waals surface area contributed by atoms with Gasteiger partial charge in [-0.25, -0.2) is 9.18 Å². The number of aromatic nitrogens is 1. The topological polar surface area (TPSA) is 111 Å². The highest BCUT2D eigenvalue weighted by Crippen LogP contribution is 2.39. The molecule has 1 heterocycles. The van der Waals surface area contributed by atoms with Gasteiger partial charge in [0.15, 0.2) is 0 Å². The molecule has 0 spiro atoms. The van der Waals surface area contributed by atoms with Crippen molar-refractivity contribution in [1.29, 1.82) is 0 Å². The number of ether oxygens (including phenoxy) is 1. The summed E-state index contributed by atoms with van der Waals surface area (Å²) >= 11 is 0. The molecule has 0 bridgehead atoms. The number of nitrogens with one attached hydrogen (secondary N) is 1. The van der Waals surface area contributed by atoms with Gasteiger partial charge in [-0.15, -0.1) is 0 Å². The van der Waals surface area contributed by atoms with E-state index < -0.39 is 23.9 Å². The summed E-state index contributed by atoms with van der Waals surface area (Å²) in [6.45, 7) is 3.71. The Morgan fingerprint density at radius 1 is 1.33 bits per heavy atom. The van der Waals surface area contributed by atoms with E-state index >= 15 is 0 Å². The lowest BCUT2D eigenvalue weighted by atomic mass is 9.95. The minimum atomic E-state index is -0.849. The third kappa shape index (κ3) is 2.51. The van der Waals surface area contributed by atoms with Gasteiger partial charge in [0.05, 0.1) is 11.1 Å². The fraction of sp³-hybridized carbons (Fsp3) is 0.294. The fourth-order valence-electron chi connectivity index (χ4n) is 3.28. The van der Waals surface area contributed by atoms with Crippen LogP contribution in [0.3, 0.4) is 0 Å². The number of amides is 2. The molecule has 0 fully saturated rings. The zero-order chi connectivity index (χ0) is 17.6. The quantitative estimate of drug-likeness (QED) is 0.804. The lowest BCUT2D eigenvalue weighted by Gasteiger charge is -2.13. The molecule has 1 atom stereocenters. The van der Waals surface area contributed by atoms with E-state index in [-0.39, 0.29) is 5.56 Å². The Balaban J connectivity index is 2.16. The van der Waals surface area contributed by atoms with Crippen LogP contribution in [0.5, 0.6) is 0 Å². The lowest BCUT2D eigenvalue weighted by molar-refractivity contribution is 0.100. The maximum absolute atomic E-state index is 14.8. The van der Waals surface area contributed by atoms with Crippen LogP contribution in [0.4, 0.5) is 9.18 Å². The van der Waals surface area contributed by atoms with E-state index in [1.54, 1.807) is 0 Å². The van der Waals surface area contributed by atoms with E-state index in [4.69, 9.17) is 16.2 Å². The number of primary amides is 2. The maximum Gasteiger partial charge on any atom is 0.404 e.